The van der Waals surface area contributed by atoms with E-state index >= 15 is 0 Å². The van der Waals surface area contributed by atoms with Crippen LogP contribution < -0.4 is 4.90 Å². The summed E-state index contributed by atoms with van der Waals surface area (Å²) in [4.78, 5) is 2.44. The summed E-state index contributed by atoms with van der Waals surface area (Å²) in [5.74, 6) is 0. The van der Waals surface area contributed by atoms with Crippen molar-refractivity contribution in [3.63, 3.8) is 0 Å². The van der Waals surface area contributed by atoms with Gasteiger partial charge in [-0.2, -0.15) is 0 Å². The molecule has 0 unspecified atom stereocenters. The highest BCUT2D eigenvalue weighted by atomic mass is 32.1. The van der Waals surface area contributed by atoms with E-state index in [2.05, 4.69) is 183 Å². The standard InChI is InChI=1S/C49H33NOS/c1-49(2)39-19-10-8-15-34(39)35-28-27-33(29-40(35)49)50(32-25-23-31(24-26-32)30-13-4-3-5-14-30)41-20-12-21-42-45(41)46-47(51-42)37-17-7-6-16-36(37)44-38-18-9-11-22-43(38)52-48(44)46/h3-29H,1-2H3. The molecule has 52 heavy (non-hydrogen) atoms. The third kappa shape index (κ3) is 4.11. The van der Waals surface area contributed by atoms with Crippen molar-refractivity contribution < 1.29 is 4.42 Å². The zero-order chi connectivity index (χ0) is 34.6. The maximum absolute atomic E-state index is 6.94. The van der Waals surface area contributed by atoms with Crippen molar-refractivity contribution in [3.05, 3.63) is 175 Å². The zero-order valence-electron chi connectivity index (χ0n) is 28.9. The SMILES string of the molecule is CC1(C)c2ccccc2-c2ccc(N(c3ccc(-c4ccccc4)cc3)c3cccc4oc5c6ccccc6c6c7ccccc7sc6c5c34)cc21. The summed E-state index contributed by atoms with van der Waals surface area (Å²) in [6.45, 7) is 4.71. The molecule has 0 N–H and O–H groups in total. The highest BCUT2D eigenvalue weighted by Gasteiger charge is 2.36. The summed E-state index contributed by atoms with van der Waals surface area (Å²) < 4.78 is 9.50. The molecule has 0 saturated heterocycles. The number of thiophene rings is 1. The Kier molecular flexibility index (Phi) is 6.21. The molecule has 2 heterocycles. The van der Waals surface area contributed by atoms with E-state index in [1.807, 2.05) is 11.3 Å². The Labute approximate surface area is 305 Å². The number of hydrogen-bond acceptors (Lipinski definition) is 3. The van der Waals surface area contributed by atoms with Gasteiger partial charge in [0.1, 0.15) is 11.2 Å². The largest absolute Gasteiger partial charge is 0.455 e. The van der Waals surface area contributed by atoms with E-state index in [0.717, 1.165) is 39.0 Å². The van der Waals surface area contributed by atoms with Crippen LogP contribution in [0.2, 0.25) is 0 Å². The molecule has 8 aromatic carbocycles. The normalized spacial score (nSPS) is 13.3. The molecule has 1 aliphatic carbocycles. The van der Waals surface area contributed by atoms with Crippen LogP contribution in [0, 0.1) is 0 Å². The van der Waals surface area contributed by atoms with Gasteiger partial charge in [0.05, 0.1) is 11.1 Å². The van der Waals surface area contributed by atoms with Gasteiger partial charge in [0.25, 0.3) is 0 Å². The van der Waals surface area contributed by atoms with Crippen LogP contribution in [0.25, 0.3) is 75.1 Å². The Bertz CT molecular complexity index is 3040. The van der Waals surface area contributed by atoms with E-state index in [9.17, 15) is 0 Å². The maximum Gasteiger partial charge on any atom is 0.144 e. The Morgan fingerprint density at radius 3 is 2.02 bits per heavy atom. The fourth-order valence-corrected chi connectivity index (χ4v) is 10.1. The first-order valence-corrected chi connectivity index (χ1v) is 18.7. The number of hydrogen-bond donors (Lipinski definition) is 0. The molecule has 0 saturated carbocycles. The van der Waals surface area contributed by atoms with Gasteiger partial charge >= 0.3 is 0 Å². The molecule has 0 aliphatic heterocycles. The first-order chi connectivity index (χ1) is 25.6. The van der Waals surface area contributed by atoms with Crippen LogP contribution in [0.1, 0.15) is 25.0 Å². The molecule has 0 atom stereocenters. The van der Waals surface area contributed by atoms with Crippen molar-refractivity contribution in [3.8, 4) is 22.3 Å². The van der Waals surface area contributed by atoms with Gasteiger partial charge < -0.3 is 9.32 Å². The van der Waals surface area contributed by atoms with Crippen LogP contribution >= 0.6 is 11.3 Å². The van der Waals surface area contributed by atoms with E-state index in [1.165, 1.54) is 64.3 Å². The quantitative estimate of drug-likeness (QED) is 0.184. The van der Waals surface area contributed by atoms with E-state index < -0.39 is 0 Å². The Hall–Kier alpha value is -6.16. The Balaban J connectivity index is 1.22. The second kappa shape index (κ2) is 10.9. The number of furan rings is 1. The predicted molar refractivity (Wildman–Crippen MR) is 222 cm³/mol. The van der Waals surface area contributed by atoms with E-state index in [4.69, 9.17) is 4.42 Å². The molecule has 2 nitrogen and oxygen atoms in total. The molecule has 0 bridgehead atoms. The summed E-state index contributed by atoms with van der Waals surface area (Å²) >= 11 is 1.87. The second-order valence-electron chi connectivity index (χ2n) is 14.5. The van der Waals surface area contributed by atoms with Crippen LogP contribution in [0.3, 0.4) is 0 Å². The average molecular weight is 684 g/mol. The van der Waals surface area contributed by atoms with Crippen molar-refractivity contribution in [2.24, 2.45) is 0 Å². The minimum atomic E-state index is -0.124. The maximum atomic E-state index is 6.94. The lowest BCUT2D eigenvalue weighted by Crippen LogP contribution is -2.16. The molecule has 0 amide bonds. The molecule has 11 rings (SSSR count). The fraction of sp³-hybridized carbons (Fsp3) is 0.0612. The van der Waals surface area contributed by atoms with Gasteiger partial charge in [-0.1, -0.05) is 135 Å². The summed E-state index contributed by atoms with van der Waals surface area (Å²) in [5, 5.41) is 7.29. The zero-order valence-corrected chi connectivity index (χ0v) is 29.7. The molecule has 2 aromatic heterocycles. The third-order valence-corrected chi connectivity index (χ3v) is 12.4. The summed E-state index contributed by atoms with van der Waals surface area (Å²) in [5.41, 5.74) is 12.8. The first kappa shape index (κ1) is 29.6. The van der Waals surface area contributed by atoms with Crippen molar-refractivity contribution in [2.75, 3.05) is 4.90 Å². The molecule has 10 aromatic rings. The van der Waals surface area contributed by atoms with E-state index in [1.54, 1.807) is 0 Å². The topological polar surface area (TPSA) is 16.4 Å². The lowest BCUT2D eigenvalue weighted by atomic mass is 9.82. The summed E-state index contributed by atoms with van der Waals surface area (Å²) in [6, 6.07) is 59.6. The first-order valence-electron chi connectivity index (χ1n) is 17.9. The van der Waals surface area contributed by atoms with E-state index in [0.29, 0.717) is 0 Å². The van der Waals surface area contributed by atoms with Crippen LogP contribution in [0.5, 0.6) is 0 Å². The summed E-state index contributed by atoms with van der Waals surface area (Å²) in [7, 11) is 0. The number of nitrogens with zero attached hydrogens (tertiary/aromatic N) is 1. The second-order valence-corrected chi connectivity index (χ2v) is 15.5. The molecule has 246 valence electrons. The van der Waals surface area contributed by atoms with Gasteiger partial charge in [-0.25, -0.2) is 0 Å². The smallest absolute Gasteiger partial charge is 0.144 e. The third-order valence-electron chi connectivity index (χ3n) is 11.3. The predicted octanol–water partition coefficient (Wildman–Crippen LogP) is 14.6. The van der Waals surface area contributed by atoms with E-state index in [-0.39, 0.29) is 5.41 Å². The van der Waals surface area contributed by atoms with Crippen molar-refractivity contribution in [1.82, 2.24) is 0 Å². The molecular weight excluding hydrogens is 651 g/mol. The van der Waals surface area contributed by atoms with Gasteiger partial charge in [0, 0.05) is 47.7 Å². The summed E-state index contributed by atoms with van der Waals surface area (Å²) in [6.07, 6.45) is 0. The van der Waals surface area contributed by atoms with Gasteiger partial charge in [0.2, 0.25) is 0 Å². The number of anilines is 3. The Morgan fingerprint density at radius 2 is 1.17 bits per heavy atom. The number of rotatable bonds is 4. The van der Waals surface area contributed by atoms with Crippen molar-refractivity contribution in [1.29, 1.82) is 0 Å². The van der Waals surface area contributed by atoms with Crippen molar-refractivity contribution >= 4 is 81.3 Å². The minimum absolute atomic E-state index is 0.124. The number of benzene rings is 8. The highest BCUT2D eigenvalue weighted by molar-refractivity contribution is 7.27. The highest BCUT2D eigenvalue weighted by Crippen LogP contribution is 2.53. The fourth-order valence-electron chi connectivity index (χ4n) is 8.80. The lowest BCUT2D eigenvalue weighted by molar-refractivity contribution is 0.660. The number of fused-ring (bicyclic) bond motifs is 13. The van der Waals surface area contributed by atoms with Gasteiger partial charge in [-0.15, -0.1) is 11.3 Å². The van der Waals surface area contributed by atoms with Crippen LogP contribution in [0.4, 0.5) is 17.1 Å². The lowest BCUT2D eigenvalue weighted by Gasteiger charge is -2.29. The van der Waals surface area contributed by atoms with Gasteiger partial charge in [0.15, 0.2) is 0 Å². The monoisotopic (exact) mass is 683 g/mol. The molecular formula is C49H33NOS. The average Bonchev–Trinajstić information content (AvgIpc) is 3.85. The van der Waals surface area contributed by atoms with Crippen LogP contribution in [0.15, 0.2) is 168 Å². The molecule has 3 heteroatoms. The Morgan fingerprint density at radius 1 is 0.500 bits per heavy atom. The van der Waals surface area contributed by atoms with Gasteiger partial charge in [-0.3, -0.25) is 0 Å². The van der Waals surface area contributed by atoms with Crippen LogP contribution in [-0.4, -0.2) is 0 Å². The molecule has 1 aliphatic rings. The van der Waals surface area contributed by atoms with Crippen LogP contribution in [-0.2, 0) is 5.41 Å². The molecule has 0 fully saturated rings. The van der Waals surface area contributed by atoms with Crippen molar-refractivity contribution in [2.45, 2.75) is 19.3 Å². The molecule has 0 radical (unpaired) electrons. The minimum Gasteiger partial charge on any atom is -0.455 e. The van der Waals surface area contributed by atoms with Gasteiger partial charge in [-0.05, 0) is 81.2 Å². The molecule has 0 spiro atoms.